The fourth-order valence-corrected chi connectivity index (χ4v) is 2.52. The van der Waals surface area contributed by atoms with Gasteiger partial charge in [0, 0.05) is 46.5 Å². The van der Waals surface area contributed by atoms with Crippen LogP contribution in [-0.2, 0) is 0 Å². The minimum absolute atomic E-state index is 0.0287. The molecule has 1 N–H and O–H groups in total. The lowest BCUT2D eigenvalue weighted by Gasteiger charge is -2.22. The summed E-state index contributed by atoms with van der Waals surface area (Å²) in [5.41, 5.74) is 0.612. The smallest absolute Gasteiger partial charge is 0.254 e. The molecule has 1 amide bonds. The number of rotatable bonds is 4. The van der Waals surface area contributed by atoms with Gasteiger partial charge in [0.2, 0.25) is 0 Å². The van der Waals surface area contributed by atoms with E-state index in [0.29, 0.717) is 5.56 Å². The normalized spacial score (nSPS) is 16.6. The van der Waals surface area contributed by atoms with Crippen LogP contribution in [0.2, 0.25) is 0 Å². The molecular weight excluding hydrogens is 268 g/mol. The van der Waals surface area contributed by atoms with Crippen LogP contribution in [0.3, 0.4) is 0 Å². The molecule has 1 saturated heterocycles. The maximum absolute atomic E-state index is 11.8. The van der Waals surface area contributed by atoms with Gasteiger partial charge >= 0.3 is 0 Å². The topological polar surface area (TPSA) is 59.9 Å². The highest BCUT2D eigenvalue weighted by Gasteiger charge is 2.16. The fraction of sp³-hybridized carbons (Fsp3) is 0.600. The van der Waals surface area contributed by atoms with Crippen molar-refractivity contribution in [1.29, 1.82) is 0 Å². The van der Waals surface area contributed by atoms with Crippen LogP contribution in [0, 0.1) is 0 Å². The molecule has 1 fully saturated rings. The van der Waals surface area contributed by atoms with Gasteiger partial charge in [-0.1, -0.05) is 0 Å². The summed E-state index contributed by atoms with van der Waals surface area (Å²) >= 11 is 0. The first-order valence-corrected chi connectivity index (χ1v) is 7.37. The van der Waals surface area contributed by atoms with Crippen LogP contribution in [0.15, 0.2) is 18.3 Å². The lowest BCUT2D eigenvalue weighted by Crippen LogP contribution is -2.32. The summed E-state index contributed by atoms with van der Waals surface area (Å²) in [7, 11) is 3.47. The number of aromatic nitrogens is 1. The van der Waals surface area contributed by atoms with E-state index in [1.165, 1.54) is 0 Å². The van der Waals surface area contributed by atoms with Gasteiger partial charge in [0.25, 0.3) is 5.91 Å². The molecule has 1 aliphatic heterocycles. The third-order valence-corrected chi connectivity index (χ3v) is 3.73. The molecule has 0 saturated carbocycles. The third-order valence-electron chi connectivity index (χ3n) is 3.73. The molecule has 6 heteroatoms. The highest BCUT2D eigenvalue weighted by atomic mass is 16.3. The van der Waals surface area contributed by atoms with E-state index < -0.39 is 0 Å². The van der Waals surface area contributed by atoms with Gasteiger partial charge < -0.3 is 14.9 Å². The highest BCUT2D eigenvalue weighted by Crippen LogP contribution is 2.14. The van der Waals surface area contributed by atoms with Gasteiger partial charge in [-0.05, 0) is 25.1 Å². The van der Waals surface area contributed by atoms with Gasteiger partial charge in [-0.3, -0.25) is 9.69 Å². The number of aliphatic hydroxyl groups excluding tert-OH is 1. The number of amides is 1. The predicted molar refractivity (Wildman–Crippen MR) is 82.6 cm³/mol. The van der Waals surface area contributed by atoms with E-state index >= 15 is 0 Å². The summed E-state index contributed by atoms with van der Waals surface area (Å²) in [6.45, 7) is 4.73. The molecule has 116 valence electrons. The van der Waals surface area contributed by atoms with Gasteiger partial charge in [0.05, 0.1) is 12.2 Å². The Labute approximate surface area is 126 Å². The van der Waals surface area contributed by atoms with Crippen LogP contribution in [0.1, 0.15) is 16.8 Å². The molecule has 0 bridgehead atoms. The van der Waals surface area contributed by atoms with E-state index in [4.69, 9.17) is 5.11 Å². The van der Waals surface area contributed by atoms with Crippen LogP contribution < -0.4 is 4.90 Å². The number of pyridine rings is 1. The van der Waals surface area contributed by atoms with Crippen molar-refractivity contribution in [1.82, 2.24) is 14.8 Å². The highest BCUT2D eigenvalue weighted by molar-refractivity contribution is 5.93. The van der Waals surface area contributed by atoms with E-state index in [0.717, 1.165) is 45.0 Å². The molecule has 6 nitrogen and oxygen atoms in total. The minimum Gasteiger partial charge on any atom is -0.395 e. The molecule has 0 aliphatic carbocycles. The number of hydrogen-bond donors (Lipinski definition) is 1. The number of aliphatic hydroxyl groups is 1. The largest absolute Gasteiger partial charge is 0.395 e. The summed E-state index contributed by atoms with van der Waals surface area (Å²) in [5.74, 6) is 0.884. The van der Waals surface area contributed by atoms with Gasteiger partial charge in [0.1, 0.15) is 5.82 Å². The molecule has 0 spiro atoms. The van der Waals surface area contributed by atoms with Crippen LogP contribution in [0.5, 0.6) is 0 Å². The average molecular weight is 292 g/mol. The van der Waals surface area contributed by atoms with Crippen molar-refractivity contribution in [2.45, 2.75) is 6.42 Å². The predicted octanol–water partition coefficient (Wildman–Crippen LogP) is 0.288. The number of anilines is 1. The Hall–Kier alpha value is -1.66. The molecular formula is C15H24N4O2. The van der Waals surface area contributed by atoms with Gasteiger partial charge in [-0.2, -0.15) is 0 Å². The van der Waals surface area contributed by atoms with Crippen molar-refractivity contribution < 1.29 is 9.90 Å². The Kier molecular flexibility index (Phi) is 5.52. The molecule has 21 heavy (non-hydrogen) atoms. The lowest BCUT2D eigenvalue weighted by molar-refractivity contribution is 0.0827. The number of nitrogens with zero attached hydrogens (tertiary/aromatic N) is 4. The Morgan fingerprint density at radius 2 is 2.10 bits per heavy atom. The van der Waals surface area contributed by atoms with Crippen LogP contribution in [-0.4, -0.2) is 79.2 Å². The average Bonchev–Trinajstić information content (AvgIpc) is 2.73. The number of hydrogen-bond acceptors (Lipinski definition) is 5. The van der Waals surface area contributed by atoms with E-state index in [2.05, 4.69) is 14.8 Å². The van der Waals surface area contributed by atoms with Crippen molar-refractivity contribution in [3.63, 3.8) is 0 Å². The van der Waals surface area contributed by atoms with Crippen LogP contribution >= 0.6 is 0 Å². The Morgan fingerprint density at radius 1 is 1.29 bits per heavy atom. The molecule has 2 heterocycles. The molecule has 1 aromatic heterocycles. The van der Waals surface area contributed by atoms with Crippen molar-refractivity contribution in [2.75, 3.05) is 58.3 Å². The number of carbonyl (C=O) groups excluding carboxylic acids is 1. The molecule has 1 aromatic rings. The molecule has 0 atom stereocenters. The first-order chi connectivity index (χ1) is 10.1. The molecule has 2 rings (SSSR count). The van der Waals surface area contributed by atoms with E-state index in [9.17, 15) is 4.79 Å². The fourth-order valence-electron chi connectivity index (χ4n) is 2.52. The zero-order valence-electron chi connectivity index (χ0n) is 12.8. The molecule has 1 aliphatic rings. The molecule has 0 unspecified atom stereocenters. The molecule has 0 aromatic carbocycles. The minimum atomic E-state index is -0.0287. The summed E-state index contributed by atoms with van der Waals surface area (Å²) < 4.78 is 0. The van der Waals surface area contributed by atoms with Crippen molar-refractivity contribution in [3.05, 3.63) is 23.9 Å². The first-order valence-electron chi connectivity index (χ1n) is 7.37. The van der Waals surface area contributed by atoms with Crippen molar-refractivity contribution in [3.8, 4) is 0 Å². The van der Waals surface area contributed by atoms with Gasteiger partial charge in [0.15, 0.2) is 0 Å². The standard InChI is InChI=1S/C15H24N4O2/c1-17(2)15(21)13-4-5-14(16-12-13)19-7-3-6-18(8-9-19)10-11-20/h4-5,12,20H,3,6-11H2,1-2H3. The lowest BCUT2D eigenvalue weighted by atomic mass is 10.2. The second kappa shape index (κ2) is 7.38. The quantitative estimate of drug-likeness (QED) is 0.864. The zero-order chi connectivity index (χ0) is 15.2. The van der Waals surface area contributed by atoms with E-state index in [1.54, 1.807) is 25.2 Å². The zero-order valence-corrected chi connectivity index (χ0v) is 12.8. The summed E-state index contributed by atoms with van der Waals surface area (Å²) in [5, 5.41) is 9.02. The van der Waals surface area contributed by atoms with E-state index in [1.807, 2.05) is 12.1 Å². The molecule has 0 radical (unpaired) electrons. The van der Waals surface area contributed by atoms with Crippen LogP contribution in [0.4, 0.5) is 5.82 Å². The van der Waals surface area contributed by atoms with Gasteiger partial charge in [-0.15, -0.1) is 0 Å². The summed E-state index contributed by atoms with van der Waals surface area (Å²) in [6.07, 6.45) is 2.70. The van der Waals surface area contributed by atoms with Crippen molar-refractivity contribution >= 4 is 11.7 Å². The van der Waals surface area contributed by atoms with Crippen LogP contribution in [0.25, 0.3) is 0 Å². The SMILES string of the molecule is CN(C)C(=O)c1ccc(N2CCCN(CCO)CC2)nc1. The monoisotopic (exact) mass is 292 g/mol. The Bertz CT molecular complexity index is 461. The Morgan fingerprint density at radius 3 is 2.71 bits per heavy atom. The Balaban J connectivity index is 2.00. The first kappa shape index (κ1) is 15.7. The summed E-state index contributed by atoms with van der Waals surface area (Å²) in [4.78, 5) is 22.3. The maximum Gasteiger partial charge on any atom is 0.254 e. The number of β-amino-alcohol motifs (C(OH)–C–C–N with tert-alkyl or cyclic N) is 1. The second-order valence-electron chi connectivity index (χ2n) is 5.51. The third kappa shape index (κ3) is 4.15. The second-order valence-corrected chi connectivity index (χ2v) is 5.51. The maximum atomic E-state index is 11.8. The summed E-state index contributed by atoms with van der Waals surface area (Å²) in [6, 6.07) is 3.75. The van der Waals surface area contributed by atoms with Gasteiger partial charge in [-0.25, -0.2) is 4.98 Å². The van der Waals surface area contributed by atoms with E-state index in [-0.39, 0.29) is 12.5 Å². The van der Waals surface area contributed by atoms with Crippen molar-refractivity contribution in [2.24, 2.45) is 0 Å². The number of carbonyl (C=O) groups is 1.